The van der Waals surface area contributed by atoms with Gasteiger partial charge in [-0.1, -0.05) is 27.7 Å². The number of carboxylic acids is 1. The first-order chi connectivity index (χ1) is 28.5. The number of ether oxygens (including phenoxy) is 4. The summed E-state index contributed by atoms with van der Waals surface area (Å²) in [5.41, 5.74) is -2.36. The first-order valence-corrected chi connectivity index (χ1v) is 23.4. The van der Waals surface area contributed by atoms with E-state index in [0.717, 1.165) is 25.7 Å². The summed E-state index contributed by atoms with van der Waals surface area (Å²) in [6.45, 7) is 18.2. The number of esters is 5. The van der Waals surface area contributed by atoms with Gasteiger partial charge in [0.2, 0.25) is 0 Å². The lowest BCUT2D eigenvalue weighted by Crippen LogP contribution is -2.50. The minimum Gasteiger partial charge on any atom is -0.481 e. The molecule has 7 fully saturated rings. The van der Waals surface area contributed by atoms with Gasteiger partial charge in [0.15, 0.2) is 5.92 Å². The summed E-state index contributed by atoms with van der Waals surface area (Å²) < 4.78 is 22.7. The van der Waals surface area contributed by atoms with Crippen molar-refractivity contribution in [2.75, 3.05) is 13.2 Å². The molecule has 3 N–H and O–H groups in total. The van der Waals surface area contributed by atoms with Crippen molar-refractivity contribution in [3.05, 3.63) is 0 Å². The van der Waals surface area contributed by atoms with Crippen LogP contribution in [0, 0.1) is 112 Å². The molecule has 1 saturated heterocycles. The highest BCUT2D eigenvalue weighted by Gasteiger charge is 2.70. The van der Waals surface area contributed by atoms with E-state index in [0.29, 0.717) is 31.6 Å². The van der Waals surface area contributed by atoms with Crippen LogP contribution in [0.15, 0.2) is 0 Å². The molecule has 0 aromatic rings. The number of carbonyl (C=O) groups is 6. The van der Waals surface area contributed by atoms with Crippen molar-refractivity contribution in [1.82, 2.24) is 0 Å². The van der Waals surface area contributed by atoms with E-state index in [1.807, 2.05) is 20.8 Å². The van der Waals surface area contributed by atoms with Crippen molar-refractivity contribution in [3.63, 3.8) is 0 Å². The molecular weight excluding hydrogens is 785 g/mol. The fraction of sp³-hybridized carbons (Fsp3) is 0.875. The van der Waals surface area contributed by atoms with Gasteiger partial charge in [-0.05, 0) is 170 Å². The zero-order valence-electron chi connectivity index (χ0n) is 38.0. The first-order valence-electron chi connectivity index (χ1n) is 23.4. The molecule has 0 radical (unpaired) electrons. The zero-order chi connectivity index (χ0) is 44.8. The van der Waals surface area contributed by atoms with Crippen LogP contribution in [0.25, 0.3) is 0 Å². The van der Waals surface area contributed by atoms with Crippen molar-refractivity contribution in [2.45, 2.75) is 138 Å². The number of carboxylic acid groups (broad SMARTS) is 1. The number of carbonyl (C=O) groups excluding carboxylic acids is 5. The first kappa shape index (κ1) is 45.9. The molecule has 6 aliphatic carbocycles. The monoisotopic (exact) mass is 856 g/mol. The van der Waals surface area contributed by atoms with Gasteiger partial charge in [0.05, 0.1) is 43.0 Å². The zero-order valence-corrected chi connectivity index (χ0v) is 38.0. The number of rotatable bonds is 14. The Bertz CT molecular complexity index is 1700. The number of hydrogen-bond acceptors (Lipinski definition) is 12. The molecule has 7 aliphatic rings. The Morgan fingerprint density at radius 1 is 0.705 bits per heavy atom. The van der Waals surface area contributed by atoms with Gasteiger partial charge in [-0.25, -0.2) is 0 Å². The van der Waals surface area contributed by atoms with Crippen LogP contribution in [0.1, 0.15) is 121 Å². The Morgan fingerprint density at radius 3 is 1.75 bits per heavy atom. The van der Waals surface area contributed by atoms with Crippen molar-refractivity contribution >= 4 is 35.8 Å². The van der Waals surface area contributed by atoms with Crippen molar-refractivity contribution < 1.29 is 63.0 Å². The second-order valence-electron chi connectivity index (χ2n) is 22.7. The molecule has 13 nitrogen and oxygen atoms in total. The van der Waals surface area contributed by atoms with Crippen LogP contribution in [0.4, 0.5) is 0 Å². The summed E-state index contributed by atoms with van der Waals surface area (Å²) in [6.07, 6.45) is 4.70. The minimum atomic E-state index is -1.50. The summed E-state index contributed by atoms with van der Waals surface area (Å²) in [4.78, 5) is 82.2. The van der Waals surface area contributed by atoms with Gasteiger partial charge in [-0.3, -0.25) is 28.8 Å². The van der Waals surface area contributed by atoms with Gasteiger partial charge < -0.3 is 34.3 Å². The highest BCUT2D eigenvalue weighted by atomic mass is 16.6. The number of hydrogen-bond donors (Lipinski definition) is 3. The molecule has 6 bridgehead atoms. The molecule has 1 heterocycles. The van der Waals surface area contributed by atoms with E-state index in [1.165, 1.54) is 0 Å². The van der Waals surface area contributed by atoms with E-state index in [9.17, 15) is 44.1 Å². The highest BCUT2D eigenvalue weighted by molar-refractivity contribution is 5.97. The van der Waals surface area contributed by atoms with Gasteiger partial charge in [-0.15, -0.1) is 0 Å². The van der Waals surface area contributed by atoms with E-state index in [-0.39, 0.29) is 72.4 Å². The fourth-order valence-corrected chi connectivity index (χ4v) is 15.0. The summed E-state index contributed by atoms with van der Waals surface area (Å²) in [7, 11) is 0. The minimum absolute atomic E-state index is 0.000268. The van der Waals surface area contributed by atoms with E-state index < -0.39 is 100.0 Å². The third-order valence-corrected chi connectivity index (χ3v) is 17.6. The third-order valence-electron chi connectivity index (χ3n) is 17.6. The quantitative estimate of drug-likeness (QED) is 0.103. The predicted octanol–water partition coefficient (Wildman–Crippen LogP) is 6.09. The molecule has 0 aromatic carbocycles. The summed E-state index contributed by atoms with van der Waals surface area (Å²) in [6, 6.07) is 0. The van der Waals surface area contributed by atoms with Crippen LogP contribution in [-0.4, -0.2) is 81.7 Å². The van der Waals surface area contributed by atoms with Gasteiger partial charge in [0.1, 0.15) is 11.2 Å². The number of aliphatic hydroxyl groups is 2. The topological polar surface area (TPSA) is 200 Å². The molecule has 61 heavy (non-hydrogen) atoms. The van der Waals surface area contributed by atoms with Gasteiger partial charge in [0.25, 0.3) is 0 Å². The van der Waals surface area contributed by atoms with Crippen molar-refractivity contribution in [3.8, 4) is 0 Å². The SMILES string of the molecule is CCC(CC)(CO)COC(=O)C1C2CC(C1C(=O)O)C(C1C(=O)OC(=O)C1C1C3CCC(C3)C1C1C3CC(C1C)C(C(O)C(C(=O)OC(C)(C)C)C(=O)OC(C)(C)C)C3)C2C. The Kier molecular flexibility index (Phi) is 12.4. The van der Waals surface area contributed by atoms with Crippen molar-refractivity contribution in [2.24, 2.45) is 112 Å². The lowest BCUT2D eigenvalue weighted by Gasteiger charge is -2.47. The maximum Gasteiger partial charge on any atom is 0.323 e. The van der Waals surface area contributed by atoms with Crippen LogP contribution in [0.3, 0.4) is 0 Å². The Hall–Kier alpha value is -3.06. The number of aliphatic hydroxyl groups excluding tert-OH is 2. The van der Waals surface area contributed by atoms with Crippen LogP contribution in [-0.2, 0) is 47.7 Å². The molecule has 0 amide bonds. The molecule has 7 rings (SSSR count). The Labute approximate surface area is 361 Å². The number of cyclic esters (lactones) is 2. The van der Waals surface area contributed by atoms with Crippen LogP contribution < -0.4 is 0 Å². The van der Waals surface area contributed by atoms with Gasteiger partial charge >= 0.3 is 35.8 Å². The molecular formula is C48H72O13. The molecule has 0 spiro atoms. The second-order valence-corrected chi connectivity index (χ2v) is 22.7. The Morgan fingerprint density at radius 2 is 1.25 bits per heavy atom. The lowest BCUT2D eigenvalue weighted by atomic mass is 9.55. The average molecular weight is 857 g/mol. The number of fused-ring (bicyclic) bond motifs is 6. The molecule has 342 valence electrons. The summed E-state index contributed by atoms with van der Waals surface area (Å²) >= 11 is 0. The van der Waals surface area contributed by atoms with Crippen molar-refractivity contribution in [1.29, 1.82) is 0 Å². The maximum absolute atomic E-state index is 14.1. The predicted molar refractivity (Wildman–Crippen MR) is 219 cm³/mol. The number of aliphatic carboxylic acids is 1. The highest BCUT2D eigenvalue weighted by Crippen LogP contribution is 2.69. The van der Waals surface area contributed by atoms with Gasteiger partial charge in [0, 0.05) is 5.41 Å². The molecule has 1 aliphatic heterocycles. The van der Waals surface area contributed by atoms with Gasteiger partial charge in [-0.2, -0.15) is 0 Å². The van der Waals surface area contributed by atoms with E-state index in [2.05, 4.69) is 6.92 Å². The van der Waals surface area contributed by atoms with Crippen LogP contribution >= 0.6 is 0 Å². The Balaban J connectivity index is 1.13. The lowest BCUT2D eigenvalue weighted by molar-refractivity contribution is -0.183. The molecule has 18 unspecified atom stereocenters. The third kappa shape index (κ3) is 7.96. The molecule has 13 heteroatoms. The maximum atomic E-state index is 14.1. The second kappa shape index (κ2) is 16.5. The molecule has 18 atom stereocenters. The average Bonchev–Trinajstić information content (AvgIpc) is 4.03. The normalized spacial score (nSPS) is 40.8. The van der Waals surface area contributed by atoms with Crippen LogP contribution in [0.5, 0.6) is 0 Å². The summed E-state index contributed by atoms with van der Waals surface area (Å²) in [5, 5.41) is 32.8. The van der Waals surface area contributed by atoms with Crippen LogP contribution in [0.2, 0.25) is 0 Å². The molecule has 6 saturated carbocycles. The largest absolute Gasteiger partial charge is 0.481 e. The van der Waals surface area contributed by atoms with E-state index in [4.69, 9.17) is 18.9 Å². The smallest absolute Gasteiger partial charge is 0.323 e. The van der Waals surface area contributed by atoms with E-state index >= 15 is 0 Å². The van der Waals surface area contributed by atoms with E-state index in [1.54, 1.807) is 41.5 Å². The molecule has 0 aromatic heterocycles. The fourth-order valence-electron chi connectivity index (χ4n) is 15.0. The standard InChI is InChI=1S/C48H72O13/c1-11-48(12-2,19-49)20-58-41(53)35-27-18-29(34(35)40(51)52)31(22(27)4)36-37(43(55)59-42(36)54)33-24-14-13-23(15-24)32(33)30-21(3)26-16-25(30)17-28(26)39(50)38(44(56)60-46(5,6)7)45(57)61-47(8,9)10/h21-39,49-50H,11-20H2,1-10H3,(H,51,52). The summed E-state index contributed by atoms with van der Waals surface area (Å²) in [5.74, 6) is -10.2.